The highest BCUT2D eigenvalue weighted by Gasteiger charge is 2.74. The van der Waals surface area contributed by atoms with E-state index in [-0.39, 0.29) is 41.5 Å². The van der Waals surface area contributed by atoms with Crippen molar-refractivity contribution in [3.05, 3.63) is 0 Å². The van der Waals surface area contributed by atoms with Gasteiger partial charge < -0.3 is 20.6 Å². The molecule has 3 fully saturated rings. The Morgan fingerprint density at radius 2 is 2.00 bits per heavy atom. The summed E-state index contributed by atoms with van der Waals surface area (Å²) in [6, 6.07) is -1.07. The highest BCUT2D eigenvalue weighted by atomic mass is 32.2. The van der Waals surface area contributed by atoms with Gasteiger partial charge in [-0.2, -0.15) is 0 Å². The van der Waals surface area contributed by atoms with Gasteiger partial charge in [0.05, 0.1) is 29.2 Å². The Morgan fingerprint density at radius 1 is 1.31 bits per heavy atom. The summed E-state index contributed by atoms with van der Waals surface area (Å²) in [4.78, 5) is 41.5. The largest absolute Gasteiger partial charge is 0.394 e. The van der Waals surface area contributed by atoms with Crippen LogP contribution in [-0.4, -0.2) is 69.5 Å². The zero-order chi connectivity index (χ0) is 21.5. The minimum absolute atomic E-state index is 0.00296. The van der Waals surface area contributed by atoms with Crippen LogP contribution < -0.4 is 10.6 Å². The van der Waals surface area contributed by atoms with Crippen molar-refractivity contribution in [1.82, 2.24) is 15.5 Å². The lowest BCUT2D eigenvalue weighted by atomic mass is 9.70. The van der Waals surface area contributed by atoms with Crippen molar-refractivity contribution in [2.24, 2.45) is 17.8 Å². The molecule has 0 saturated carbocycles. The van der Waals surface area contributed by atoms with E-state index in [1.54, 1.807) is 23.7 Å². The molecule has 164 valence electrons. The lowest BCUT2D eigenvalue weighted by Crippen LogP contribution is -2.58. The van der Waals surface area contributed by atoms with Gasteiger partial charge in [-0.15, -0.1) is 11.8 Å². The van der Waals surface area contributed by atoms with Crippen LogP contribution >= 0.6 is 11.8 Å². The van der Waals surface area contributed by atoms with Gasteiger partial charge in [0.15, 0.2) is 0 Å². The Kier molecular flexibility index (Phi) is 6.53. The third-order valence-electron chi connectivity index (χ3n) is 6.96. The summed E-state index contributed by atoms with van der Waals surface area (Å²) >= 11 is 1.66. The van der Waals surface area contributed by atoms with Crippen molar-refractivity contribution >= 4 is 29.5 Å². The fraction of sp³-hybridized carbons (Fsp3) is 0.857. The maximum absolute atomic E-state index is 13.7. The first-order valence-corrected chi connectivity index (χ1v) is 11.7. The number of thioether (sulfide) groups is 1. The monoisotopic (exact) mass is 425 g/mol. The fourth-order valence-corrected chi connectivity index (χ4v) is 7.87. The molecule has 3 unspecified atom stereocenters. The highest BCUT2D eigenvalue weighted by molar-refractivity contribution is 8.02. The van der Waals surface area contributed by atoms with E-state index in [0.29, 0.717) is 0 Å². The average molecular weight is 426 g/mol. The Labute approximate surface area is 177 Å². The number of fused-ring (bicyclic) bond motifs is 1. The van der Waals surface area contributed by atoms with Crippen molar-refractivity contribution in [2.45, 2.75) is 81.5 Å². The zero-order valence-electron chi connectivity index (χ0n) is 18.1. The number of hydrogen-bond donors (Lipinski definition) is 3. The lowest BCUT2D eigenvalue weighted by Gasteiger charge is -2.39. The number of amides is 3. The molecule has 3 rings (SSSR count). The normalized spacial score (nSPS) is 35.0. The molecule has 3 aliphatic rings. The van der Waals surface area contributed by atoms with E-state index in [1.807, 2.05) is 20.8 Å². The Hall–Kier alpha value is -1.28. The summed E-state index contributed by atoms with van der Waals surface area (Å²) in [6.07, 6.45) is 3.41. The van der Waals surface area contributed by atoms with Gasteiger partial charge in [-0.25, -0.2) is 0 Å². The third-order valence-corrected chi connectivity index (χ3v) is 8.91. The number of nitrogens with zero attached hydrogens (tertiary/aromatic N) is 1. The molecule has 3 N–H and O–H groups in total. The number of carbonyl (C=O) groups is 3. The Balaban J connectivity index is 2.03. The van der Waals surface area contributed by atoms with E-state index in [0.717, 1.165) is 25.7 Å². The van der Waals surface area contributed by atoms with Gasteiger partial charge in [0.2, 0.25) is 17.7 Å². The van der Waals surface area contributed by atoms with Crippen molar-refractivity contribution in [1.29, 1.82) is 0 Å². The SMILES string of the molecule is CCCC(C)NC(=O)C1N([C@@H](CO)C(C)C)C(=O)[C@@H]2[C@@H](C(=O)NC)[C@H]3CCC12S3. The second-order valence-electron chi connectivity index (χ2n) is 9.11. The van der Waals surface area contributed by atoms with E-state index >= 15 is 0 Å². The number of carbonyl (C=O) groups excluding carboxylic acids is 3. The molecule has 29 heavy (non-hydrogen) atoms. The van der Waals surface area contributed by atoms with E-state index in [1.165, 1.54) is 0 Å². The first-order valence-electron chi connectivity index (χ1n) is 10.9. The molecule has 3 amide bonds. The molecule has 3 aliphatic heterocycles. The van der Waals surface area contributed by atoms with E-state index < -0.39 is 28.7 Å². The topological polar surface area (TPSA) is 98.7 Å². The molecule has 3 heterocycles. The Morgan fingerprint density at radius 3 is 2.55 bits per heavy atom. The third kappa shape index (κ3) is 3.46. The van der Waals surface area contributed by atoms with Crippen molar-refractivity contribution in [2.75, 3.05) is 13.7 Å². The van der Waals surface area contributed by atoms with Gasteiger partial charge in [0, 0.05) is 18.3 Å². The first-order chi connectivity index (χ1) is 13.7. The standard InChI is InChI=1S/C21H35N3O4S/c1-6-7-12(4)23-19(27)17-21-9-8-14(29-21)15(18(26)22-5)16(21)20(28)24(17)13(10-25)11(2)3/h11-17,25H,6-10H2,1-5H3,(H,22,26)(H,23,27)/t12?,13-,14+,15-,16-,17?,21?/m0/s1. The fourth-order valence-electron chi connectivity index (χ4n) is 5.66. The highest BCUT2D eigenvalue weighted by Crippen LogP contribution is 2.66. The molecule has 2 bridgehead atoms. The summed E-state index contributed by atoms with van der Waals surface area (Å²) in [5.74, 6) is -1.32. The molecule has 0 aliphatic carbocycles. The summed E-state index contributed by atoms with van der Waals surface area (Å²) in [5, 5.41) is 16.0. The number of rotatable bonds is 8. The molecule has 7 nitrogen and oxygen atoms in total. The van der Waals surface area contributed by atoms with Crippen LogP contribution in [0.15, 0.2) is 0 Å². The van der Waals surface area contributed by atoms with Crippen LogP contribution in [0.4, 0.5) is 0 Å². The van der Waals surface area contributed by atoms with E-state index in [2.05, 4.69) is 17.6 Å². The maximum atomic E-state index is 13.7. The number of likely N-dealkylation sites (tertiary alicyclic amines) is 1. The lowest BCUT2D eigenvalue weighted by molar-refractivity contribution is -0.143. The van der Waals surface area contributed by atoms with Crippen molar-refractivity contribution < 1.29 is 19.5 Å². The molecular formula is C21H35N3O4S. The molecule has 8 heteroatoms. The van der Waals surface area contributed by atoms with Gasteiger partial charge in [-0.1, -0.05) is 27.2 Å². The molecule has 1 spiro atoms. The van der Waals surface area contributed by atoms with Gasteiger partial charge in [0.1, 0.15) is 6.04 Å². The summed E-state index contributed by atoms with van der Waals surface area (Å²) in [6.45, 7) is 7.77. The van der Waals surface area contributed by atoms with E-state index in [4.69, 9.17) is 0 Å². The van der Waals surface area contributed by atoms with Crippen LogP contribution in [0.25, 0.3) is 0 Å². The van der Waals surface area contributed by atoms with Crippen molar-refractivity contribution in [3.63, 3.8) is 0 Å². The maximum Gasteiger partial charge on any atom is 0.244 e. The van der Waals surface area contributed by atoms with Crippen LogP contribution in [0.3, 0.4) is 0 Å². The Bertz CT molecular complexity index is 672. The molecule has 3 saturated heterocycles. The van der Waals surface area contributed by atoms with Crippen LogP contribution in [-0.2, 0) is 14.4 Å². The number of aliphatic hydroxyl groups excluding tert-OH is 1. The summed E-state index contributed by atoms with van der Waals surface area (Å²) in [7, 11) is 1.60. The predicted molar refractivity (Wildman–Crippen MR) is 113 cm³/mol. The minimum Gasteiger partial charge on any atom is -0.394 e. The molecule has 0 aromatic heterocycles. The van der Waals surface area contributed by atoms with Gasteiger partial charge in [0.25, 0.3) is 0 Å². The van der Waals surface area contributed by atoms with Crippen LogP contribution in [0.5, 0.6) is 0 Å². The quantitative estimate of drug-likeness (QED) is 0.542. The second kappa shape index (κ2) is 8.46. The molecular weight excluding hydrogens is 390 g/mol. The first kappa shape index (κ1) is 22.4. The molecule has 0 aromatic carbocycles. The predicted octanol–water partition coefficient (Wildman–Crippen LogP) is 1.15. The molecule has 0 aromatic rings. The van der Waals surface area contributed by atoms with Gasteiger partial charge in [-0.3, -0.25) is 14.4 Å². The van der Waals surface area contributed by atoms with Crippen LogP contribution in [0.2, 0.25) is 0 Å². The van der Waals surface area contributed by atoms with Gasteiger partial charge in [-0.05, 0) is 32.1 Å². The van der Waals surface area contributed by atoms with Crippen LogP contribution in [0, 0.1) is 17.8 Å². The number of aliphatic hydroxyl groups is 1. The van der Waals surface area contributed by atoms with Crippen molar-refractivity contribution in [3.8, 4) is 0 Å². The van der Waals surface area contributed by atoms with E-state index in [9.17, 15) is 19.5 Å². The zero-order valence-corrected chi connectivity index (χ0v) is 18.9. The molecule has 7 atom stereocenters. The second-order valence-corrected chi connectivity index (χ2v) is 10.7. The number of hydrogen-bond acceptors (Lipinski definition) is 5. The molecule has 0 radical (unpaired) electrons. The summed E-state index contributed by atoms with van der Waals surface area (Å²) < 4.78 is -0.586. The van der Waals surface area contributed by atoms with Crippen LogP contribution in [0.1, 0.15) is 53.4 Å². The van der Waals surface area contributed by atoms with Gasteiger partial charge >= 0.3 is 0 Å². The summed E-state index contributed by atoms with van der Waals surface area (Å²) in [5.41, 5.74) is 0. The smallest absolute Gasteiger partial charge is 0.244 e. The minimum atomic E-state index is -0.650. The number of nitrogens with one attached hydrogen (secondary N) is 2. The average Bonchev–Trinajstić information content (AvgIpc) is 3.29.